The van der Waals surface area contributed by atoms with Crippen LogP contribution in [0.5, 0.6) is 0 Å². The molecule has 1 aliphatic carbocycles. The molecule has 0 aromatic carbocycles. The standard InChI is InChI=1S/C18H29N3O2/c1-11-14(10-21(5)20-11)16-15(6-7-23-16)19-17(22)12-8-13(9-12)18(2,3)4/h10,12-13,15-16H,6-9H2,1-5H3,(H,19,22)/t12?,13?,15-,16+/m0/s1. The van der Waals surface area contributed by atoms with E-state index in [4.69, 9.17) is 4.74 Å². The van der Waals surface area contributed by atoms with Crippen LogP contribution >= 0.6 is 0 Å². The van der Waals surface area contributed by atoms with Crippen molar-refractivity contribution in [3.8, 4) is 0 Å². The Morgan fingerprint density at radius 2 is 2.09 bits per heavy atom. The third-order valence-corrected chi connectivity index (χ3v) is 5.51. The maximum atomic E-state index is 12.5. The lowest BCUT2D eigenvalue weighted by Crippen LogP contribution is -2.46. The molecule has 1 aromatic rings. The predicted molar refractivity (Wildman–Crippen MR) is 88.9 cm³/mol. The summed E-state index contributed by atoms with van der Waals surface area (Å²) in [5, 5.41) is 7.63. The number of rotatable bonds is 3. The van der Waals surface area contributed by atoms with E-state index in [0.29, 0.717) is 17.9 Å². The van der Waals surface area contributed by atoms with Crippen molar-refractivity contribution in [2.75, 3.05) is 6.61 Å². The fraction of sp³-hybridized carbons (Fsp3) is 0.778. The van der Waals surface area contributed by atoms with Gasteiger partial charge in [0.05, 0.1) is 11.7 Å². The zero-order valence-electron chi connectivity index (χ0n) is 14.9. The molecule has 23 heavy (non-hydrogen) atoms. The Labute approximate surface area is 138 Å². The van der Waals surface area contributed by atoms with E-state index < -0.39 is 0 Å². The number of hydrogen-bond donors (Lipinski definition) is 1. The summed E-state index contributed by atoms with van der Waals surface area (Å²) in [4.78, 5) is 12.5. The zero-order valence-corrected chi connectivity index (χ0v) is 14.9. The first-order valence-corrected chi connectivity index (χ1v) is 8.68. The van der Waals surface area contributed by atoms with Gasteiger partial charge in [0.2, 0.25) is 5.91 Å². The molecule has 5 nitrogen and oxygen atoms in total. The fourth-order valence-corrected chi connectivity index (χ4v) is 3.78. The second-order valence-corrected chi connectivity index (χ2v) is 8.27. The molecule has 0 spiro atoms. The van der Waals surface area contributed by atoms with E-state index >= 15 is 0 Å². The summed E-state index contributed by atoms with van der Waals surface area (Å²) in [6.45, 7) is 9.47. The van der Waals surface area contributed by atoms with Crippen LogP contribution in [-0.2, 0) is 16.6 Å². The van der Waals surface area contributed by atoms with E-state index in [9.17, 15) is 4.79 Å². The van der Waals surface area contributed by atoms with Crippen LogP contribution in [0, 0.1) is 24.2 Å². The number of amides is 1. The topological polar surface area (TPSA) is 56.1 Å². The number of nitrogens with zero attached hydrogens (tertiary/aromatic N) is 2. The van der Waals surface area contributed by atoms with E-state index in [1.165, 1.54) is 0 Å². The zero-order chi connectivity index (χ0) is 16.8. The Bertz CT molecular complexity index is 582. The maximum absolute atomic E-state index is 12.5. The molecule has 1 aromatic heterocycles. The Morgan fingerprint density at radius 3 is 2.65 bits per heavy atom. The van der Waals surface area contributed by atoms with Crippen LogP contribution in [-0.4, -0.2) is 28.3 Å². The third-order valence-electron chi connectivity index (χ3n) is 5.51. The normalized spacial score (nSPS) is 31.0. The highest BCUT2D eigenvalue weighted by Gasteiger charge is 2.42. The van der Waals surface area contributed by atoms with Crippen LogP contribution in [0.3, 0.4) is 0 Å². The summed E-state index contributed by atoms with van der Waals surface area (Å²) in [7, 11) is 1.92. The van der Waals surface area contributed by atoms with Gasteiger partial charge in [0.25, 0.3) is 0 Å². The van der Waals surface area contributed by atoms with Crippen molar-refractivity contribution in [3.63, 3.8) is 0 Å². The predicted octanol–water partition coefficient (Wildman–Crippen LogP) is 2.75. The summed E-state index contributed by atoms with van der Waals surface area (Å²) >= 11 is 0. The van der Waals surface area contributed by atoms with Crippen molar-refractivity contribution in [2.45, 2.75) is 59.1 Å². The summed E-state index contributed by atoms with van der Waals surface area (Å²) in [6, 6.07) is 0.0686. The van der Waals surface area contributed by atoms with E-state index in [-0.39, 0.29) is 24.0 Å². The van der Waals surface area contributed by atoms with Gasteiger partial charge in [0, 0.05) is 31.3 Å². The van der Waals surface area contributed by atoms with E-state index in [1.54, 1.807) is 0 Å². The second kappa shape index (κ2) is 5.93. The lowest BCUT2D eigenvalue weighted by atomic mass is 9.63. The molecule has 2 heterocycles. The number of carbonyl (C=O) groups excluding carboxylic acids is 1. The Morgan fingerprint density at radius 1 is 1.39 bits per heavy atom. The van der Waals surface area contributed by atoms with E-state index in [2.05, 4.69) is 31.2 Å². The van der Waals surface area contributed by atoms with Gasteiger partial charge in [-0.3, -0.25) is 9.48 Å². The van der Waals surface area contributed by atoms with Crippen molar-refractivity contribution < 1.29 is 9.53 Å². The molecule has 128 valence electrons. The van der Waals surface area contributed by atoms with Crippen LogP contribution in [0.15, 0.2) is 6.20 Å². The largest absolute Gasteiger partial charge is 0.371 e. The van der Waals surface area contributed by atoms with Crippen molar-refractivity contribution in [2.24, 2.45) is 24.3 Å². The molecule has 5 heteroatoms. The first kappa shape index (κ1) is 16.5. The van der Waals surface area contributed by atoms with Gasteiger partial charge in [-0.05, 0) is 37.5 Å². The number of ether oxygens (including phenoxy) is 1. The summed E-state index contributed by atoms with van der Waals surface area (Å²) in [5.74, 6) is 1.04. The molecule has 1 N–H and O–H groups in total. The lowest BCUT2D eigenvalue weighted by molar-refractivity contribution is -0.132. The molecule has 1 saturated heterocycles. The highest BCUT2D eigenvalue weighted by atomic mass is 16.5. The fourth-order valence-electron chi connectivity index (χ4n) is 3.78. The Kier molecular flexibility index (Phi) is 4.25. The minimum atomic E-state index is -0.0638. The van der Waals surface area contributed by atoms with Gasteiger partial charge in [-0.2, -0.15) is 5.10 Å². The van der Waals surface area contributed by atoms with Crippen LogP contribution in [0.2, 0.25) is 0 Å². The average Bonchev–Trinajstić information content (AvgIpc) is 2.91. The minimum absolute atomic E-state index is 0.0638. The highest BCUT2D eigenvalue weighted by Crippen LogP contribution is 2.45. The molecular formula is C18H29N3O2. The van der Waals surface area contributed by atoms with Crippen LogP contribution < -0.4 is 5.32 Å². The maximum Gasteiger partial charge on any atom is 0.223 e. The van der Waals surface area contributed by atoms with E-state index in [0.717, 1.165) is 30.5 Å². The number of aromatic nitrogens is 2. The second-order valence-electron chi connectivity index (χ2n) is 8.27. The molecule has 0 bridgehead atoms. The molecule has 1 saturated carbocycles. The van der Waals surface area contributed by atoms with Gasteiger partial charge in [-0.1, -0.05) is 20.8 Å². The van der Waals surface area contributed by atoms with Crippen LogP contribution in [0.4, 0.5) is 0 Å². The van der Waals surface area contributed by atoms with Gasteiger partial charge in [-0.25, -0.2) is 0 Å². The molecule has 0 unspecified atom stereocenters. The third kappa shape index (κ3) is 3.30. The summed E-state index contributed by atoms with van der Waals surface area (Å²) in [5.41, 5.74) is 2.38. The summed E-state index contributed by atoms with van der Waals surface area (Å²) < 4.78 is 7.70. The highest BCUT2D eigenvalue weighted by molar-refractivity contribution is 5.80. The molecule has 2 aliphatic rings. The van der Waals surface area contributed by atoms with Gasteiger partial charge < -0.3 is 10.1 Å². The minimum Gasteiger partial charge on any atom is -0.371 e. The number of carbonyl (C=O) groups is 1. The van der Waals surface area contributed by atoms with Gasteiger partial charge >= 0.3 is 0 Å². The summed E-state index contributed by atoms with van der Waals surface area (Å²) in [6.07, 6.45) is 4.84. The molecule has 1 amide bonds. The molecule has 1 aliphatic heterocycles. The first-order valence-electron chi connectivity index (χ1n) is 8.68. The van der Waals surface area contributed by atoms with Crippen molar-refractivity contribution in [3.05, 3.63) is 17.5 Å². The molecule has 0 radical (unpaired) electrons. The van der Waals surface area contributed by atoms with Crippen molar-refractivity contribution in [1.82, 2.24) is 15.1 Å². The number of nitrogens with one attached hydrogen (secondary N) is 1. The van der Waals surface area contributed by atoms with Crippen molar-refractivity contribution >= 4 is 5.91 Å². The van der Waals surface area contributed by atoms with Crippen LogP contribution in [0.25, 0.3) is 0 Å². The number of aryl methyl sites for hydroxylation is 2. The Balaban J connectivity index is 1.59. The van der Waals surface area contributed by atoms with Gasteiger partial charge in [-0.15, -0.1) is 0 Å². The first-order chi connectivity index (χ1) is 10.8. The molecule has 2 fully saturated rings. The lowest BCUT2D eigenvalue weighted by Gasteiger charge is -2.43. The van der Waals surface area contributed by atoms with Crippen LogP contribution in [0.1, 0.15) is 57.4 Å². The van der Waals surface area contributed by atoms with Crippen molar-refractivity contribution in [1.29, 1.82) is 0 Å². The quantitative estimate of drug-likeness (QED) is 0.932. The van der Waals surface area contributed by atoms with Gasteiger partial charge in [0.1, 0.15) is 6.10 Å². The smallest absolute Gasteiger partial charge is 0.223 e. The molecule has 3 rings (SSSR count). The van der Waals surface area contributed by atoms with Gasteiger partial charge in [0.15, 0.2) is 0 Å². The molecule has 2 atom stereocenters. The van der Waals surface area contributed by atoms with E-state index in [1.807, 2.05) is 24.9 Å². The monoisotopic (exact) mass is 319 g/mol. The number of hydrogen-bond acceptors (Lipinski definition) is 3. The Hall–Kier alpha value is -1.36. The molecular weight excluding hydrogens is 290 g/mol. The SMILES string of the molecule is Cc1nn(C)cc1[C@H]1OCC[C@@H]1NC(=O)C1CC(C(C)(C)C)C1. The average molecular weight is 319 g/mol.